The van der Waals surface area contributed by atoms with Crippen LogP contribution in [0.3, 0.4) is 0 Å². The Morgan fingerprint density at radius 2 is 2.08 bits per heavy atom. The van der Waals surface area contributed by atoms with Crippen molar-refractivity contribution in [2.75, 3.05) is 5.32 Å². The molecule has 6 nitrogen and oxygen atoms in total. The number of nitrogens with one attached hydrogen (secondary N) is 1. The monoisotopic (exact) mass is 341 g/mol. The van der Waals surface area contributed by atoms with Gasteiger partial charge in [0.15, 0.2) is 11.4 Å². The highest BCUT2D eigenvalue weighted by Gasteiger charge is 2.18. The molecule has 0 spiro atoms. The molecule has 1 N–H and O–H groups in total. The number of amides is 1. The zero-order chi connectivity index (χ0) is 18.0. The van der Waals surface area contributed by atoms with Gasteiger partial charge in [0.25, 0.3) is 5.91 Å². The first-order valence-corrected chi connectivity index (χ1v) is 7.77. The van der Waals surface area contributed by atoms with Crippen LogP contribution in [0.25, 0.3) is 11.1 Å². The number of aromatic nitrogens is 2. The van der Waals surface area contributed by atoms with Crippen molar-refractivity contribution in [3.63, 3.8) is 0 Å². The van der Waals surface area contributed by atoms with Crippen LogP contribution in [0.4, 0.5) is 10.4 Å². The number of ketones is 1. The Bertz CT molecular complexity index is 935. The summed E-state index contributed by atoms with van der Waals surface area (Å²) in [6, 6.07) is 6.16. The molecule has 0 aliphatic carbocycles. The van der Waals surface area contributed by atoms with Crippen LogP contribution < -0.4 is 5.32 Å². The quantitative estimate of drug-likeness (QED) is 0.769. The molecule has 0 aliphatic rings. The molecule has 0 radical (unpaired) electrons. The summed E-state index contributed by atoms with van der Waals surface area (Å²) >= 11 is 0. The van der Waals surface area contributed by atoms with E-state index in [4.69, 9.17) is 4.42 Å². The molecule has 2 aromatic heterocycles. The Morgan fingerprint density at radius 3 is 2.76 bits per heavy atom. The van der Waals surface area contributed by atoms with E-state index in [1.54, 1.807) is 38.2 Å². The topological polar surface area (TPSA) is 85.1 Å². The smallest absolute Gasteiger partial charge is 0.302 e. The van der Waals surface area contributed by atoms with E-state index in [1.807, 2.05) is 0 Å². The summed E-state index contributed by atoms with van der Waals surface area (Å²) in [5.74, 6) is -1.35. The average Bonchev–Trinajstić information content (AvgIpc) is 3.01. The van der Waals surface area contributed by atoms with Gasteiger partial charge in [-0.05, 0) is 23.8 Å². The zero-order valence-electron chi connectivity index (χ0n) is 13.7. The van der Waals surface area contributed by atoms with Crippen molar-refractivity contribution < 1.29 is 18.4 Å². The fraction of sp³-hybridized carbons (Fsp3) is 0.222. The van der Waals surface area contributed by atoms with Crippen molar-refractivity contribution in [1.29, 1.82) is 0 Å². The molecule has 1 amide bonds. The Hall–Kier alpha value is -3.09. The highest BCUT2D eigenvalue weighted by atomic mass is 19.1. The van der Waals surface area contributed by atoms with E-state index in [9.17, 15) is 14.0 Å². The number of halogens is 1. The zero-order valence-corrected chi connectivity index (χ0v) is 13.7. The molecule has 7 heteroatoms. The average molecular weight is 341 g/mol. The van der Waals surface area contributed by atoms with Crippen LogP contribution in [0.2, 0.25) is 0 Å². The van der Waals surface area contributed by atoms with Gasteiger partial charge in [-0.1, -0.05) is 19.9 Å². The molecule has 25 heavy (non-hydrogen) atoms. The van der Waals surface area contributed by atoms with E-state index in [2.05, 4.69) is 15.3 Å². The van der Waals surface area contributed by atoms with Crippen molar-refractivity contribution in [1.82, 2.24) is 9.97 Å². The van der Waals surface area contributed by atoms with Gasteiger partial charge in [0, 0.05) is 24.7 Å². The number of nitrogens with zero attached hydrogens (tertiary/aromatic N) is 2. The van der Waals surface area contributed by atoms with Crippen molar-refractivity contribution in [2.24, 2.45) is 5.92 Å². The highest BCUT2D eigenvalue weighted by Crippen LogP contribution is 2.25. The third-order valence-corrected chi connectivity index (χ3v) is 3.73. The molecule has 0 saturated carbocycles. The molecule has 0 atom stereocenters. The number of hydrogen-bond acceptors (Lipinski definition) is 5. The third kappa shape index (κ3) is 3.55. The summed E-state index contributed by atoms with van der Waals surface area (Å²) in [5.41, 5.74) is 0.746. The molecular weight excluding hydrogens is 325 g/mol. The van der Waals surface area contributed by atoms with Gasteiger partial charge in [-0.2, -0.15) is 4.98 Å². The molecule has 3 rings (SSSR count). The van der Waals surface area contributed by atoms with Crippen LogP contribution in [0.5, 0.6) is 0 Å². The minimum absolute atomic E-state index is 0.0164. The first kappa shape index (κ1) is 16.8. The predicted octanol–water partition coefficient (Wildman–Crippen LogP) is 3.38. The number of carbonyl (C=O) groups is 2. The molecule has 0 aliphatic heterocycles. The Morgan fingerprint density at radius 1 is 1.28 bits per heavy atom. The molecule has 128 valence electrons. The molecule has 0 fully saturated rings. The van der Waals surface area contributed by atoms with Gasteiger partial charge in [-0.15, -0.1) is 0 Å². The molecule has 0 unspecified atom stereocenters. The van der Waals surface area contributed by atoms with E-state index in [0.717, 1.165) is 0 Å². The summed E-state index contributed by atoms with van der Waals surface area (Å²) in [4.78, 5) is 31.8. The van der Waals surface area contributed by atoms with Crippen LogP contribution in [0, 0.1) is 11.7 Å². The van der Waals surface area contributed by atoms with Gasteiger partial charge in [0.2, 0.25) is 0 Å². The standard InChI is InChI=1S/C18H16FN3O3/c1-10(2)14(23)8-11-5-6-13-16(15(11)19)25-18(21-13)22-17(24)12-4-3-7-20-9-12/h3-7,9-10H,8H2,1-2H3,(H,21,22,24). The van der Waals surface area contributed by atoms with Crippen molar-refractivity contribution in [2.45, 2.75) is 20.3 Å². The van der Waals surface area contributed by atoms with Crippen LogP contribution in [-0.4, -0.2) is 21.7 Å². The van der Waals surface area contributed by atoms with E-state index in [0.29, 0.717) is 5.56 Å². The molecule has 1 aromatic carbocycles. The highest BCUT2D eigenvalue weighted by molar-refractivity contribution is 6.03. The number of benzene rings is 1. The number of oxazole rings is 1. The lowest BCUT2D eigenvalue weighted by Crippen LogP contribution is -2.12. The maximum absolute atomic E-state index is 14.6. The summed E-state index contributed by atoms with van der Waals surface area (Å²) in [6.45, 7) is 3.53. The Labute approximate surface area is 143 Å². The maximum Gasteiger partial charge on any atom is 0.302 e. The second kappa shape index (κ2) is 6.80. The molecule has 3 aromatic rings. The largest absolute Gasteiger partial charge is 0.420 e. The molecule has 2 heterocycles. The van der Waals surface area contributed by atoms with E-state index in [1.165, 1.54) is 12.3 Å². The normalized spacial score (nSPS) is 11.0. The lowest BCUT2D eigenvalue weighted by atomic mass is 10.0. The third-order valence-electron chi connectivity index (χ3n) is 3.73. The maximum atomic E-state index is 14.6. The van der Waals surface area contributed by atoms with Crippen LogP contribution in [-0.2, 0) is 11.2 Å². The van der Waals surface area contributed by atoms with E-state index >= 15 is 0 Å². The SMILES string of the molecule is CC(C)C(=O)Cc1ccc2nc(NC(=O)c3cccnc3)oc2c1F. The number of fused-ring (bicyclic) bond motifs is 1. The number of Topliss-reactive ketones (excluding diaryl/α,β-unsaturated/α-hetero) is 1. The van der Waals surface area contributed by atoms with Crippen molar-refractivity contribution >= 4 is 28.8 Å². The van der Waals surface area contributed by atoms with Gasteiger partial charge in [0.05, 0.1) is 5.56 Å². The van der Waals surface area contributed by atoms with Gasteiger partial charge in [-0.3, -0.25) is 19.9 Å². The Kier molecular flexibility index (Phi) is 4.56. The summed E-state index contributed by atoms with van der Waals surface area (Å²) in [7, 11) is 0. The number of hydrogen-bond donors (Lipinski definition) is 1. The van der Waals surface area contributed by atoms with Crippen LogP contribution in [0.15, 0.2) is 41.1 Å². The molecule has 0 bridgehead atoms. The summed E-state index contributed by atoms with van der Waals surface area (Å²) < 4.78 is 19.9. The van der Waals surface area contributed by atoms with E-state index < -0.39 is 11.7 Å². The van der Waals surface area contributed by atoms with Crippen molar-refractivity contribution in [3.05, 3.63) is 53.6 Å². The van der Waals surface area contributed by atoms with E-state index in [-0.39, 0.29) is 40.8 Å². The van der Waals surface area contributed by atoms with Crippen LogP contribution in [0.1, 0.15) is 29.8 Å². The van der Waals surface area contributed by atoms with Gasteiger partial charge < -0.3 is 4.42 Å². The second-order valence-corrected chi connectivity index (χ2v) is 5.90. The first-order valence-electron chi connectivity index (χ1n) is 7.77. The number of rotatable bonds is 5. The number of anilines is 1. The molecule has 0 saturated heterocycles. The van der Waals surface area contributed by atoms with Gasteiger partial charge >= 0.3 is 6.01 Å². The lowest BCUT2D eigenvalue weighted by molar-refractivity contribution is -0.121. The fourth-order valence-electron chi connectivity index (χ4n) is 2.25. The minimum Gasteiger partial charge on any atom is -0.420 e. The molecular formula is C18H16FN3O3. The number of pyridine rings is 1. The fourth-order valence-corrected chi connectivity index (χ4v) is 2.25. The van der Waals surface area contributed by atoms with Crippen molar-refractivity contribution in [3.8, 4) is 0 Å². The summed E-state index contributed by atoms with van der Waals surface area (Å²) in [5, 5.41) is 2.46. The van der Waals surface area contributed by atoms with Crippen LogP contribution >= 0.6 is 0 Å². The minimum atomic E-state index is -0.638. The second-order valence-electron chi connectivity index (χ2n) is 5.90. The number of carbonyl (C=O) groups excluding carboxylic acids is 2. The first-order chi connectivity index (χ1) is 12.0. The van der Waals surface area contributed by atoms with Gasteiger partial charge in [-0.25, -0.2) is 4.39 Å². The summed E-state index contributed by atoms with van der Waals surface area (Å²) in [6.07, 6.45) is 2.93. The predicted molar refractivity (Wildman–Crippen MR) is 89.7 cm³/mol. The lowest BCUT2D eigenvalue weighted by Gasteiger charge is -2.05. The van der Waals surface area contributed by atoms with Gasteiger partial charge in [0.1, 0.15) is 11.3 Å². The Balaban J connectivity index is 1.86.